The zero-order chi connectivity index (χ0) is 14.7. The minimum absolute atomic E-state index is 0.195. The molecule has 0 saturated heterocycles. The first-order chi connectivity index (χ1) is 10.2. The van der Waals surface area contributed by atoms with Crippen molar-refractivity contribution < 1.29 is 9.26 Å². The number of anilines is 1. The van der Waals surface area contributed by atoms with E-state index in [1.165, 1.54) is 0 Å². The predicted octanol–water partition coefficient (Wildman–Crippen LogP) is 3.66. The Labute approximate surface area is 129 Å². The lowest BCUT2D eigenvalue weighted by molar-refractivity contribution is 0.243. The standard InChI is InChI=1S/C15H12BrN3O2/c16-13-7-2-1-6-12(13)15-18-14(21-19-15)9-20-11-5-3-4-10(17)8-11/h1-8H,9,17H2. The average molecular weight is 346 g/mol. The quantitative estimate of drug-likeness (QED) is 0.730. The van der Waals surface area contributed by atoms with Crippen LogP contribution in [0.25, 0.3) is 11.4 Å². The lowest BCUT2D eigenvalue weighted by Gasteiger charge is -2.03. The predicted molar refractivity (Wildman–Crippen MR) is 82.6 cm³/mol. The van der Waals surface area contributed by atoms with Crippen LogP contribution in [-0.4, -0.2) is 10.1 Å². The van der Waals surface area contributed by atoms with Gasteiger partial charge in [-0.1, -0.05) is 39.3 Å². The molecule has 0 bridgehead atoms. The summed E-state index contributed by atoms with van der Waals surface area (Å²) in [5.74, 6) is 1.59. The molecule has 0 spiro atoms. The molecule has 0 unspecified atom stereocenters. The molecule has 106 valence electrons. The van der Waals surface area contributed by atoms with Gasteiger partial charge in [0.2, 0.25) is 5.82 Å². The molecular weight excluding hydrogens is 334 g/mol. The van der Waals surface area contributed by atoms with Crippen molar-refractivity contribution in [3.8, 4) is 17.1 Å². The van der Waals surface area contributed by atoms with Gasteiger partial charge >= 0.3 is 0 Å². The van der Waals surface area contributed by atoms with Gasteiger partial charge in [0.15, 0.2) is 6.61 Å². The number of hydrogen-bond donors (Lipinski definition) is 1. The van der Waals surface area contributed by atoms with Crippen LogP contribution >= 0.6 is 15.9 Å². The molecule has 0 radical (unpaired) electrons. The van der Waals surface area contributed by atoms with Crippen LogP contribution in [0, 0.1) is 0 Å². The number of nitrogen functional groups attached to an aromatic ring is 1. The number of rotatable bonds is 4. The van der Waals surface area contributed by atoms with Gasteiger partial charge in [0.05, 0.1) is 0 Å². The largest absolute Gasteiger partial charge is 0.484 e. The van der Waals surface area contributed by atoms with E-state index >= 15 is 0 Å². The summed E-state index contributed by atoms with van der Waals surface area (Å²) in [5.41, 5.74) is 7.20. The first kappa shape index (κ1) is 13.6. The number of ether oxygens (including phenoxy) is 1. The van der Waals surface area contributed by atoms with Gasteiger partial charge in [-0.15, -0.1) is 0 Å². The van der Waals surface area contributed by atoms with Crippen molar-refractivity contribution in [2.45, 2.75) is 6.61 Å². The second kappa shape index (κ2) is 5.97. The Balaban J connectivity index is 1.72. The summed E-state index contributed by atoms with van der Waals surface area (Å²) in [6.45, 7) is 0.195. The second-order valence-electron chi connectivity index (χ2n) is 4.35. The number of halogens is 1. The summed E-state index contributed by atoms with van der Waals surface area (Å²) < 4.78 is 11.7. The Bertz CT molecular complexity index is 758. The van der Waals surface area contributed by atoms with Gasteiger partial charge in [-0.3, -0.25) is 0 Å². The van der Waals surface area contributed by atoms with Crippen LogP contribution in [0.2, 0.25) is 0 Å². The van der Waals surface area contributed by atoms with E-state index in [1.54, 1.807) is 12.1 Å². The van der Waals surface area contributed by atoms with Gasteiger partial charge in [0.1, 0.15) is 5.75 Å². The SMILES string of the molecule is Nc1cccc(OCc2nc(-c3ccccc3Br)no2)c1. The summed E-state index contributed by atoms with van der Waals surface area (Å²) in [6.07, 6.45) is 0. The Morgan fingerprint density at radius 1 is 1.14 bits per heavy atom. The normalized spacial score (nSPS) is 10.5. The van der Waals surface area contributed by atoms with E-state index in [9.17, 15) is 0 Å². The van der Waals surface area contributed by atoms with Crippen LogP contribution < -0.4 is 10.5 Å². The fourth-order valence-corrected chi connectivity index (χ4v) is 2.28. The van der Waals surface area contributed by atoms with Crippen molar-refractivity contribution in [1.29, 1.82) is 0 Å². The summed E-state index contributed by atoms with van der Waals surface area (Å²) in [6, 6.07) is 14.9. The maximum Gasteiger partial charge on any atom is 0.264 e. The summed E-state index contributed by atoms with van der Waals surface area (Å²) >= 11 is 3.46. The molecule has 0 saturated carbocycles. The summed E-state index contributed by atoms with van der Waals surface area (Å²) in [4.78, 5) is 4.31. The summed E-state index contributed by atoms with van der Waals surface area (Å²) in [5, 5.41) is 3.96. The molecule has 0 atom stereocenters. The molecule has 1 heterocycles. The van der Waals surface area contributed by atoms with E-state index in [0.717, 1.165) is 10.0 Å². The van der Waals surface area contributed by atoms with Gasteiger partial charge in [0.25, 0.3) is 5.89 Å². The van der Waals surface area contributed by atoms with E-state index in [2.05, 4.69) is 26.1 Å². The smallest absolute Gasteiger partial charge is 0.264 e. The van der Waals surface area contributed by atoms with Crippen LogP contribution in [0.1, 0.15) is 5.89 Å². The Hall–Kier alpha value is -2.34. The first-order valence-corrected chi connectivity index (χ1v) is 7.07. The lowest BCUT2D eigenvalue weighted by Crippen LogP contribution is -1.96. The van der Waals surface area contributed by atoms with Crippen LogP contribution in [0.4, 0.5) is 5.69 Å². The number of nitrogens with two attached hydrogens (primary N) is 1. The van der Waals surface area contributed by atoms with Gasteiger partial charge in [-0.05, 0) is 24.3 Å². The highest BCUT2D eigenvalue weighted by atomic mass is 79.9. The molecule has 2 aromatic carbocycles. The molecule has 0 aliphatic heterocycles. The second-order valence-corrected chi connectivity index (χ2v) is 5.21. The van der Waals surface area contributed by atoms with Crippen molar-refractivity contribution in [2.24, 2.45) is 0 Å². The summed E-state index contributed by atoms with van der Waals surface area (Å²) in [7, 11) is 0. The number of nitrogens with zero attached hydrogens (tertiary/aromatic N) is 2. The molecule has 2 N–H and O–H groups in total. The number of aromatic nitrogens is 2. The molecule has 0 aliphatic rings. The number of benzene rings is 2. The van der Waals surface area contributed by atoms with Crippen molar-refractivity contribution >= 4 is 21.6 Å². The molecule has 5 nitrogen and oxygen atoms in total. The molecule has 0 fully saturated rings. The van der Waals surface area contributed by atoms with Gasteiger partial charge in [-0.25, -0.2) is 0 Å². The van der Waals surface area contributed by atoms with Crippen LogP contribution in [-0.2, 0) is 6.61 Å². The van der Waals surface area contributed by atoms with Gasteiger partial charge < -0.3 is 15.0 Å². The van der Waals surface area contributed by atoms with Gasteiger partial charge in [-0.2, -0.15) is 4.98 Å². The van der Waals surface area contributed by atoms with Crippen molar-refractivity contribution in [3.05, 3.63) is 58.9 Å². The molecule has 21 heavy (non-hydrogen) atoms. The molecule has 6 heteroatoms. The molecular formula is C15H12BrN3O2. The minimum Gasteiger partial charge on any atom is -0.484 e. The average Bonchev–Trinajstić information content (AvgIpc) is 2.94. The van der Waals surface area contributed by atoms with Crippen molar-refractivity contribution in [3.63, 3.8) is 0 Å². The number of hydrogen-bond acceptors (Lipinski definition) is 5. The van der Waals surface area contributed by atoms with E-state index in [4.69, 9.17) is 15.0 Å². The zero-order valence-corrected chi connectivity index (χ0v) is 12.6. The highest BCUT2D eigenvalue weighted by Gasteiger charge is 2.11. The first-order valence-electron chi connectivity index (χ1n) is 6.28. The van der Waals surface area contributed by atoms with E-state index in [0.29, 0.717) is 23.2 Å². The highest BCUT2D eigenvalue weighted by Crippen LogP contribution is 2.25. The Morgan fingerprint density at radius 3 is 2.81 bits per heavy atom. The van der Waals surface area contributed by atoms with Crippen molar-refractivity contribution in [2.75, 3.05) is 5.73 Å². The minimum atomic E-state index is 0.195. The third kappa shape index (κ3) is 3.22. The molecule has 3 rings (SSSR count). The third-order valence-electron chi connectivity index (χ3n) is 2.80. The molecule has 0 amide bonds. The van der Waals surface area contributed by atoms with E-state index < -0.39 is 0 Å². The lowest BCUT2D eigenvalue weighted by atomic mass is 10.2. The highest BCUT2D eigenvalue weighted by molar-refractivity contribution is 9.10. The maximum atomic E-state index is 5.69. The Morgan fingerprint density at radius 2 is 2.00 bits per heavy atom. The van der Waals surface area contributed by atoms with Gasteiger partial charge in [0, 0.05) is 21.8 Å². The molecule has 3 aromatic rings. The zero-order valence-electron chi connectivity index (χ0n) is 11.0. The van der Waals surface area contributed by atoms with Crippen molar-refractivity contribution in [1.82, 2.24) is 10.1 Å². The monoisotopic (exact) mass is 345 g/mol. The van der Waals surface area contributed by atoms with E-state index in [-0.39, 0.29) is 6.61 Å². The fraction of sp³-hybridized carbons (Fsp3) is 0.0667. The Kier molecular flexibility index (Phi) is 3.87. The van der Waals surface area contributed by atoms with Crippen LogP contribution in [0.15, 0.2) is 57.5 Å². The topological polar surface area (TPSA) is 74.2 Å². The fourth-order valence-electron chi connectivity index (χ4n) is 1.81. The maximum absolute atomic E-state index is 5.69. The van der Waals surface area contributed by atoms with Crippen LogP contribution in [0.5, 0.6) is 5.75 Å². The third-order valence-corrected chi connectivity index (χ3v) is 3.49. The van der Waals surface area contributed by atoms with Crippen LogP contribution in [0.3, 0.4) is 0 Å². The molecule has 1 aromatic heterocycles. The van der Waals surface area contributed by atoms with E-state index in [1.807, 2.05) is 36.4 Å². The molecule has 0 aliphatic carbocycles.